The molecule has 1 aliphatic heterocycles. The maximum atomic E-state index is 13.7. The summed E-state index contributed by atoms with van der Waals surface area (Å²) in [5.41, 5.74) is 2.58. The molecule has 0 bridgehead atoms. The Morgan fingerprint density at radius 3 is 2.58 bits per heavy atom. The van der Waals surface area contributed by atoms with Gasteiger partial charge in [0.05, 0.1) is 40.3 Å². The normalized spacial score (nSPS) is 15.5. The Morgan fingerprint density at radius 1 is 1.08 bits per heavy atom. The van der Waals surface area contributed by atoms with Gasteiger partial charge in [0.25, 0.3) is 5.91 Å². The van der Waals surface area contributed by atoms with Gasteiger partial charge >= 0.3 is 5.97 Å². The Kier molecular flexibility index (Phi) is 5.34. The molecule has 0 radical (unpaired) electrons. The quantitative estimate of drug-likeness (QED) is 0.398. The molecule has 1 saturated carbocycles. The second kappa shape index (κ2) is 8.57. The van der Waals surface area contributed by atoms with Gasteiger partial charge in [-0.3, -0.25) is 9.48 Å². The summed E-state index contributed by atoms with van der Waals surface area (Å²) in [6.45, 7) is 1.24. The zero-order valence-electron chi connectivity index (χ0n) is 19.2. The predicted octanol–water partition coefficient (Wildman–Crippen LogP) is 4.63. The lowest BCUT2D eigenvalue weighted by atomic mass is 10.0. The molecule has 6 rings (SSSR count). The van der Waals surface area contributed by atoms with E-state index in [1.807, 2.05) is 24.3 Å². The number of carboxylic acids is 1. The van der Waals surface area contributed by atoms with Crippen LogP contribution >= 0.6 is 11.6 Å². The lowest BCUT2D eigenvalue weighted by molar-refractivity contribution is 0.0696. The smallest absolute Gasteiger partial charge is 0.335 e. The number of carbonyl (C=O) groups excluding carboxylic acids is 1. The van der Waals surface area contributed by atoms with Crippen LogP contribution in [0.2, 0.25) is 5.02 Å². The topological polar surface area (TPSA) is 103 Å². The van der Waals surface area contributed by atoms with Crippen molar-refractivity contribution < 1.29 is 24.2 Å². The van der Waals surface area contributed by atoms with E-state index in [1.165, 1.54) is 0 Å². The number of aromatic carboxylic acids is 1. The Balaban J connectivity index is 1.39. The highest BCUT2D eigenvalue weighted by Crippen LogP contribution is 2.46. The Labute approximate surface area is 211 Å². The molecule has 4 aromatic rings. The van der Waals surface area contributed by atoms with Crippen LogP contribution in [0.3, 0.4) is 0 Å². The van der Waals surface area contributed by atoms with Crippen molar-refractivity contribution in [2.75, 3.05) is 13.2 Å². The molecular weight excluding hydrogens is 482 g/mol. The van der Waals surface area contributed by atoms with E-state index in [1.54, 1.807) is 41.2 Å². The van der Waals surface area contributed by atoms with Crippen molar-refractivity contribution in [3.63, 3.8) is 0 Å². The van der Waals surface area contributed by atoms with Crippen molar-refractivity contribution >= 4 is 34.4 Å². The number of halogens is 1. The SMILES string of the molecule is O=C(O)c1ccc(C2(NC(=O)c3cc4c(c5cnn(Cc6cccc(Cl)c6)c35)OCCO4)CC2)cc1. The lowest BCUT2D eigenvalue weighted by Gasteiger charge is -2.22. The number of benzene rings is 3. The Morgan fingerprint density at radius 2 is 1.86 bits per heavy atom. The number of nitrogens with one attached hydrogen (secondary N) is 1. The van der Waals surface area contributed by atoms with Gasteiger partial charge in [-0.2, -0.15) is 5.10 Å². The number of fused-ring (bicyclic) bond motifs is 3. The molecule has 182 valence electrons. The second-order valence-corrected chi connectivity index (χ2v) is 9.50. The molecule has 9 heteroatoms. The van der Waals surface area contributed by atoms with Crippen LogP contribution in [0.25, 0.3) is 10.9 Å². The van der Waals surface area contributed by atoms with E-state index in [9.17, 15) is 14.7 Å². The molecule has 36 heavy (non-hydrogen) atoms. The van der Waals surface area contributed by atoms with Crippen LogP contribution in [-0.4, -0.2) is 40.0 Å². The summed E-state index contributed by atoms with van der Waals surface area (Å²) in [7, 11) is 0. The molecule has 0 atom stereocenters. The Hall–Kier alpha value is -4.04. The molecule has 1 fully saturated rings. The summed E-state index contributed by atoms with van der Waals surface area (Å²) < 4.78 is 13.5. The van der Waals surface area contributed by atoms with Crippen LogP contribution in [-0.2, 0) is 12.1 Å². The van der Waals surface area contributed by atoms with Crippen molar-refractivity contribution in [3.8, 4) is 11.5 Å². The number of nitrogens with zero attached hydrogens (tertiary/aromatic N) is 2. The van der Waals surface area contributed by atoms with Crippen molar-refractivity contribution in [1.82, 2.24) is 15.1 Å². The zero-order valence-corrected chi connectivity index (χ0v) is 19.9. The van der Waals surface area contributed by atoms with Crippen LogP contribution in [0.1, 0.15) is 44.7 Å². The highest BCUT2D eigenvalue weighted by Gasteiger charge is 2.46. The third-order valence-electron chi connectivity index (χ3n) is 6.68. The Bertz CT molecular complexity index is 1510. The molecule has 0 unspecified atom stereocenters. The fourth-order valence-corrected chi connectivity index (χ4v) is 4.93. The number of hydrogen-bond acceptors (Lipinski definition) is 5. The first kappa shape index (κ1) is 22.4. The van der Waals surface area contributed by atoms with E-state index < -0.39 is 11.5 Å². The molecule has 8 nitrogen and oxygen atoms in total. The summed E-state index contributed by atoms with van der Waals surface area (Å²) in [4.78, 5) is 25.0. The van der Waals surface area contributed by atoms with E-state index in [-0.39, 0.29) is 11.5 Å². The highest BCUT2D eigenvalue weighted by atomic mass is 35.5. The molecular formula is C27H22ClN3O5. The van der Waals surface area contributed by atoms with E-state index >= 15 is 0 Å². The number of carbonyl (C=O) groups is 2. The van der Waals surface area contributed by atoms with Gasteiger partial charge in [-0.1, -0.05) is 35.9 Å². The van der Waals surface area contributed by atoms with E-state index in [0.29, 0.717) is 52.7 Å². The van der Waals surface area contributed by atoms with E-state index in [2.05, 4.69) is 10.4 Å². The van der Waals surface area contributed by atoms with Crippen molar-refractivity contribution in [2.45, 2.75) is 24.9 Å². The van der Waals surface area contributed by atoms with Crippen molar-refractivity contribution in [3.05, 3.63) is 88.1 Å². The largest absolute Gasteiger partial charge is 0.486 e. The van der Waals surface area contributed by atoms with Crippen LogP contribution in [0.15, 0.2) is 60.8 Å². The number of hydrogen-bond donors (Lipinski definition) is 2. The summed E-state index contributed by atoms with van der Waals surface area (Å²) in [6.07, 6.45) is 3.23. The molecule has 1 aromatic heterocycles. The molecule has 1 aliphatic carbocycles. The van der Waals surface area contributed by atoms with Gasteiger partial charge in [-0.05, 0) is 54.3 Å². The molecule has 2 heterocycles. The zero-order chi connectivity index (χ0) is 24.9. The minimum absolute atomic E-state index is 0.208. The minimum atomic E-state index is -0.984. The van der Waals surface area contributed by atoms with Gasteiger partial charge < -0.3 is 19.9 Å². The molecule has 1 amide bonds. The molecule has 3 aromatic carbocycles. The van der Waals surface area contributed by atoms with Gasteiger partial charge in [-0.25, -0.2) is 4.79 Å². The maximum Gasteiger partial charge on any atom is 0.335 e. The van der Waals surface area contributed by atoms with Crippen LogP contribution in [0.5, 0.6) is 11.5 Å². The van der Waals surface area contributed by atoms with Crippen molar-refractivity contribution in [1.29, 1.82) is 0 Å². The average Bonchev–Trinajstić information content (AvgIpc) is 3.54. The first-order valence-corrected chi connectivity index (χ1v) is 12.0. The summed E-state index contributed by atoms with van der Waals surface area (Å²) in [5, 5.41) is 18.3. The second-order valence-electron chi connectivity index (χ2n) is 9.06. The van der Waals surface area contributed by atoms with Crippen LogP contribution < -0.4 is 14.8 Å². The molecule has 2 aliphatic rings. The fraction of sp³-hybridized carbons (Fsp3) is 0.222. The standard InChI is InChI=1S/C27H22ClN3O5/c28-19-3-1-2-16(12-19)15-31-23-20(13-22-24(21(23)14-29-31)36-11-10-35-22)25(32)30-27(8-9-27)18-6-4-17(5-7-18)26(33)34/h1-7,12-14H,8-11,15H2,(H,30,32)(H,33,34). The summed E-state index contributed by atoms with van der Waals surface area (Å²) >= 11 is 6.18. The number of amides is 1. The highest BCUT2D eigenvalue weighted by molar-refractivity contribution is 6.30. The van der Waals surface area contributed by atoms with Gasteiger partial charge in [0.1, 0.15) is 13.2 Å². The van der Waals surface area contributed by atoms with Gasteiger partial charge in [-0.15, -0.1) is 0 Å². The number of carboxylic acid groups (broad SMARTS) is 1. The molecule has 0 spiro atoms. The number of ether oxygens (including phenoxy) is 2. The summed E-state index contributed by atoms with van der Waals surface area (Å²) in [6, 6.07) is 15.9. The van der Waals surface area contributed by atoms with Gasteiger partial charge in [0.15, 0.2) is 11.5 Å². The number of rotatable bonds is 6. The minimum Gasteiger partial charge on any atom is -0.486 e. The van der Waals surface area contributed by atoms with Gasteiger partial charge in [0, 0.05) is 5.02 Å². The lowest BCUT2D eigenvalue weighted by Crippen LogP contribution is -2.35. The average molecular weight is 504 g/mol. The number of aromatic nitrogens is 2. The van der Waals surface area contributed by atoms with Crippen LogP contribution in [0, 0.1) is 0 Å². The molecule has 0 saturated heterocycles. The monoisotopic (exact) mass is 503 g/mol. The van der Waals surface area contributed by atoms with E-state index in [0.717, 1.165) is 24.0 Å². The molecule has 2 N–H and O–H groups in total. The predicted molar refractivity (Wildman–Crippen MR) is 133 cm³/mol. The fourth-order valence-electron chi connectivity index (χ4n) is 4.71. The van der Waals surface area contributed by atoms with E-state index in [4.69, 9.17) is 21.1 Å². The first-order valence-electron chi connectivity index (χ1n) is 11.6. The first-order chi connectivity index (χ1) is 17.4. The summed E-state index contributed by atoms with van der Waals surface area (Å²) in [5.74, 6) is -0.154. The van der Waals surface area contributed by atoms with Crippen LogP contribution in [0.4, 0.5) is 0 Å². The third-order valence-corrected chi connectivity index (χ3v) is 6.91. The third kappa shape index (κ3) is 3.93. The van der Waals surface area contributed by atoms with Crippen molar-refractivity contribution in [2.24, 2.45) is 0 Å². The van der Waals surface area contributed by atoms with Gasteiger partial charge in [0.2, 0.25) is 0 Å². The maximum absolute atomic E-state index is 13.7.